The van der Waals surface area contributed by atoms with Crippen molar-refractivity contribution in [2.75, 3.05) is 27.3 Å². The Hall–Kier alpha value is -1.10. The van der Waals surface area contributed by atoms with Crippen molar-refractivity contribution in [3.8, 4) is 0 Å². The minimum absolute atomic E-state index is 0.0974. The molecule has 1 atom stereocenters. The molecular formula is C22H27Cl2NO2. The molecule has 2 aromatic carbocycles. The molecule has 0 aromatic heterocycles. The van der Waals surface area contributed by atoms with E-state index in [0.717, 1.165) is 24.8 Å². The van der Waals surface area contributed by atoms with E-state index >= 15 is 0 Å². The van der Waals surface area contributed by atoms with E-state index in [2.05, 4.69) is 56.3 Å². The molecule has 0 spiro atoms. The first-order valence-electron chi connectivity index (χ1n) is 9.40. The summed E-state index contributed by atoms with van der Waals surface area (Å²) in [4.78, 5) is 2.31. The van der Waals surface area contributed by atoms with E-state index in [1.54, 1.807) is 0 Å². The van der Waals surface area contributed by atoms with Crippen molar-refractivity contribution in [1.29, 1.82) is 0 Å². The first kappa shape index (κ1) is 20.6. The number of ether oxygens (including phenoxy) is 2. The van der Waals surface area contributed by atoms with Gasteiger partial charge in [-0.25, -0.2) is 0 Å². The second kappa shape index (κ2) is 8.50. The number of rotatable bonds is 7. The van der Waals surface area contributed by atoms with Crippen LogP contribution in [0.4, 0.5) is 0 Å². The number of benzene rings is 2. The van der Waals surface area contributed by atoms with Gasteiger partial charge in [0, 0.05) is 17.5 Å². The van der Waals surface area contributed by atoms with Crippen LogP contribution in [0.25, 0.3) is 0 Å². The van der Waals surface area contributed by atoms with E-state index in [-0.39, 0.29) is 5.54 Å². The van der Waals surface area contributed by atoms with Crippen LogP contribution < -0.4 is 0 Å². The van der Waals surface area contributed by atoms with Crippen LogP contribution in [0.15, 0.2) is 48.5 Å². The lowest BCUT2D eigenvalue weighted by Gasteiger charge is -2.42. The first-order valence-corrected chi connectivity index (χ1v) is 10.2. The minimum Gasteiger partial charge on any atom is -0.343 e. The standard InChI is InChI=1S/C22H27Cl2NO2/c1-4-21(25(2)3,17-8-6-5-7-9-17)12-13-22(26-14-15-27-22)18-10-11-19(23)20(24)16-18/h5-11,16H,4,12-15H2,1-3H3. The van der Waals surface area contributed by atoms with Crippen molar-refractivity contribution in [2.45, 2.75) is 37.5 Å². The van der Waals surface area contributed by atoms with Gasteiger partial charge >= 0.3 is 0 Å². The fourth-order valence-electron chi connectivity index (χ4n) is 4.09. The molecule has 0 aliphatic carbocycles. The average Bonchev–Trinajstić information content (AvgIpc) is 3.15. The molecule has 146 valence electrons. The Bertz CT molecular complexity index is 760. The lowest BCUT2D eigenvalue weighted by molar-refractivity contribution is -0.176. The summed E-state index contributed by atoms with van der Waals surface area (Å²) in [6.07, 6.45) is 2.61. The minimum atomic E-state index is -0.778. The lowest BCUT2D eigenvalue weighted by Crippen LogP contribution is -2.43. The Morgan fingerprint density at radius 1 is 1.00 bits per heavy atom. The first-order chi connectivity index (χ1) is 12.9. The van der Waals surface area contributed by atoms with Gasteiger partial charge in [-0.05, 0) is 44.6 Å². The van der Waals surface area contributed by atoms with E-state index in [0.29, 0.717) is 23.3 Å². The van der Waals surface area contributed by atoms with Gasteiger partial charge < -0.3 is 9.47 Å². The highest BCUT2D eigenvalue weighted by Crippen LogP contribution is 2.43. The fourth-order valence-corrected chi connectivity index (χ4v) is 4.38. The van der Waals surface area contributed by atoms with Crippen LogP contribution >= 0.6 is 23.2 Å². The maximum atomic E-state index is 6.27. The van der Waals surface area contributed by atoms with Crippen LogP contribution in [0.2, 0.25) is 10.0 Å². The van der Waals surface area contributed by atoms with Gasteiger partial charge in [-0.3, -0.25) is 4.90 Å². The number of hydrogen-bond acceptors (Lipinski definition) is 3. The summed E-state index contributed by atoms with van der Waals surface area (Å²) in [7, 11) is 4.28. The molecule has 0 N–H and O–H groups in total. The van der Waals surface area contributed by atoms with Gasteiger partial charge in [0.25, 0.3) is 0 Å². The molecule has 0 saturated carbocycles. The van der Waals surface area contributed by atoms with Gasteiger partial charge in [-0.15, -0.1) is 0 Å². The van der Waals surface area contributed by atoms with Crippen molar-refractivity contribution >= 4 is 23.2 Å². The molecule has 0 bridgehead atoms. The predicted octanol–water partition coefficient (Wildman–Crippen LogP) is 5.84. The van der Waals surface area contributed by atoms with Crippen molar-refractivity contribution in [1.82, 2.24) is 4.90 Å². The SMILES string of the molecule is CCC(CCC1(c2ccc(Cl)c(Cl)c2)OCCO1)(c1ccccc1)N(C)C. The second-order valence-electron chi connectivity index (χ2n) is 7.22. The summed E-state index contributed by atoms with van der Waals surface area (Å²) in [5.41, 5.74) is 2.13. The zero-order valence-corrected chi connectivity index (χ0v) is 17.7. The third-order valence-electron chi connectivity index (χ3n) is 5.73. The summed E-state index contributed by atoms with van der Waals surface area (Å²) < 4.78 is 12.3. The number of nitrogens with zero attached hydrogens (tertiary/aromatic N) is 1. The Morgan fingerprint density at radius 3 is 2.22 bits per heavy atom. The summed E-state index contributed by atoms with van der Waals surface area (Å²) in [5, 5.41) is 1.05. The summed E-state index contributed by atoms with van der Waals surface area (Å²) in [5.74, 6) is -0.778. The Balaban J connectivity index is 1.93. The average molecular weight is 408 g/mol. The van der Waals surface area contributed by atoms with Gasteiger partial charge in [0.05, 0.1) is 23.3 Å². The van der Waals surface area contributed by atoms with Crippen LogP contribution in [0.3, 0.4) is 0 Å². The van der Waals surface area contributed by atoms with Crippen LogP contribution in [0.5, 0.6) is 0 Å². The highest BCUT2D eigenvalue weighted by atomic mass is 35.5. The monoisotopic (exact) mass is 407 g/mol. The van der Waals surface area contributed by atoms with E-state index in [1.165, 1.54) is 5.56 Å². The van der Waals surface area contributed by atoms with Crippen LogP contribution in [-0.2, 0) is 20.8 Å². The van der Waals surface area contributed by atoms with Crippen molar-refractivity contribution in [3.63, 3.8) is 0 Å². The molecule has 1 heterocycles. The number of halogens is 2. The van der Waals surface area contributed by atoms with Crippen molar-refractivity contribution in [2.24, 2.45) is 0 Å². The molecule has 0 radical (unpaired) electrons. The predicted molar refractivity (Wildman–Crippen MR) is 111 cm³/mol. The van der Waals surface area contributed by atoms with Crippen LogP contribution in [0.1, 0.15) is 37.3 Å². The van der Waals surface area contributed by atoms with E-state index in [9.17, 15) is 0 Å². The molecule has 3 nitrogen and oxygen atoms in total. The topological polar surface area (TPSA) is 21.7 Å². The molecule has 3 rings (SSSR count). The molecule has 1 aliphatic heterocycles. The van der Waals surface area contributed by atoms with Gasteiger partial charge in [-0.2, -0.15) is 0 Å². The molecular weight excluding hydrogens is 381 g/mol. The zero-order chi connectivity index (χ0) is 19.5. The smallest absolute Gasteiger partial charge is 0.195 e. The maximum absolute atomic E-state index is 6.27. The molecule has 1 aliphatic rings. The third kappa shape index (κ3) is 4.03. The highest BCUT2D eigenvalue weighted by Gasteiger charge is 2.42. The number of hydrogen-bond donors (Lipinski definition) is 0. The largest absolute Gasteiger partial charge is 0.343 e. The maximum Gasteiger partial charge on any atom is 0.195 e. The zero-order valence-electron chi connectivity index (χ0n) is 16.2. The Kier molecular flexibility index (Phi) is 6.50. The highest BCUT2D eigenvalue weighted by molar-refractivity contribution is 6.42. The quantitative estimate of drug-likeness (QED) is 0.575. The van der Waals surface area contributed by atoms with Crippen molar-refractivity contribution in [3.05, 3.63) is 69.7 Å². The Labute approximate surface area is 172 Å². The van der Waals surface area contributed by atoms with Gasteiger partial charge in [-0.1, -0.05) is 66.5 Å². The molecule has 5 heteroatoms. The summed E-state index contributed by atoms with van der Waals surface area (Å²) >= 11 is 12.4. The second-order valence-corrected chi connectivity index (χ2v) is 8.04. The molecule has 1 unspecified atom stereocenters. The van der Waals surface area contributed by atoms with E-state index in [1.807, 2.05) is 18.2 Å². The molecule has 2 aromatic rings. The lowest BCUT2D eigenvalue weighted by atomic mass is 9.80. The van der Waals surface area contributed by atoms with Gasteiger partial charge in [0.15, 0.2) is 5.79 Å². The van der Waals surface area contributed by atoms with Gasteiger partial charge in [0.1, 0.15) is 0 Å². The Morgan fingerprint density at radius 2 is 1.67 bits per heavy atom. The van der Waals surface area contributed by atoms with Crippen LogP contribution in [-0.4, -0.2) is 32.2 Å². The molecule has 0 amide bonds. The van der Waals surface area contributed by atoms with Gasteiger partial charge in [0.2, 0.25) is 0 Å². The van der Waals surface area contributed by atoms with E-state index < -0.39 is 5.79 Å². The fraction of sp³-hybridized carbons (Fsp3) is 0.455. The van der Waals surface area contributed by atoms with E-state index in [4.69, 9.17) is 32.7 Å². The third-order valence-corrected chi connectivity index (χ3v) is 6.47. The molecule has 1 saturated heterocycles. The van der Waals surface area contributed by atoms with Crippen molar-refractivity contribution < 1.29 is 9.47 Å². The molecule has 1 fully saturated rings. The molecule has 27 heavy (non-hydrogen) atoms. The normalized spacial score (nSPS) is 18.6. The summed E-state index contributed by atoms with van der Waals surface area (Å²) in [6.45, 7) is 3.38. The van der Waals surface area contributed by atoms with Crippen LogP contribution in [0, 0.1) is 0 Å². The summed E-state index contributed by atoms with van der Waals surface area (Å²) in [6, 6.07) is 16.3.